The van der Waals surface area contributed by atoms with Crippen LogP contribution >= 0.6 is 11.8 Å². The molecule has 3 nitrogen and oxygen atoms in total. The highest BCUT2D eigenvalue weighted by molar-refractivity contribution is 7.99. The molecular weight excluding hydrogens is 234 g/mol. The van der Waals surface area contributed by atoms with E-state index in [2.05, 4.69) is 36.1 Å². The minimum Gasteiger partial charge on any atom is -0.481 e. The molecule has 0 radical (unpaired) electrons. The third-order valence-electron chi connectivity index (χ3n) is 2.47. The molecule has 17 heavy (non-hydrogen) atoms. The maximum atomic E-state index is 10.4. The fourth-order valence-electron chi connectivity index (χ4n) is 1.56. The molecule has 1 aromatic rings. The van der Waals surface area contributed by atoms with Crippen LogP contribution in [0.3, 0.4) is 0 Å². The molecule has 94 valence electrons. The van der Waals surface area contributed by atoms with E-state index in [-0.39, 0.29) is 6.42 Å². The van der Waals surface area contributed by atoms with E-state index in [9.17, 15) is 4.79 Å². The Morgan fingerprint density at radius 3 is 2.53 bits per heavy atom. The van der Waals surface area contributed by atoms with Crippen molar-refractivity contribution in [3.05, 3.63) is 24.3 Å². The lowest BCUT2D eigenvalue weighted by Crippen LogP contribution is -2.19. The zero-order chi connectivity index (χ0) is 12.7. The molecule has 0 heterocycles. The summed E-state index contributed by atoms with van der Waals surface area (Å²) in [6.45, 7) is 2.91. The molecule has 0 unspecified atom stereocenters. The molecule has 0 aliphatic heterocycles. The van der Waals surface area contributed by atoms with Gasteiger partial charge < -0.3 is 10.0 Å². The van der Waals surface area contributed by atoms with Gasteiger partial charge in [0.2, 0.25) is 0 Å². The first-order chi connectivity index (χ1) is 8.13. The van der Waals surface area contributed by atoms with Crippen LogP contribution in [-0.2, 0) is 4.79 Å². The van der Waals surface area contributed by atoms with Gasteiger partial charge in [-0.25, -0.2) is 0 Å². The molecule has 0 saturated carbocycles. The molecule has 1 rings (SSSR count). The SMILES string of the molecule is CCSc1ccc(N(C)CCCC(=O)O)cc1. The zero-order valence-corrected chi connectivity index (χ0v) is 11.2. The predicted octanol–water partition coefficient (Wildman–Crippen LogP) is 3.10. The molecule has 0 saturated heterocycles. The largest absolute Gasteiger partial charge is 0.481 e. The summed E-state index contributed by atoms with van der Waals surface area (Å²) in [4.78, 5) is 13.8. The Kier molecular flexibility index (Phi) is 5.91. The number of carboxylic acid groups (broad SMARTS) is 1. The Hall–Kier alpha value is -1.16. The maximum Gasteiger partial charge on any atom is 0.303 e. The van der Waals surface area contributed by atoms with Crippen molar-refractivity contribution in [2.24, 2.45) is 0 Å². The summed E-state index contributed by atoms with van der Waals surface area (Å²) >= 11 is 1.82. The van der Waals surface area contributed by atoms with Crippen LogP contribution in [0.1, 0.15) is 19.8 Å². The van der Waals surface area contributed by atoms with E-state index in [1.165, 1.54) is 4.90 Å². The Morgan fingerprint density at radius 1 is 1.35 bits per heavy atom. The van der Waals surface area contributed by atoms with E-state index in [1.807, 2.05) is 18.8 Å². The van der Waals surface area contributed by atoms with Gasteiger partial charge in [-0.2, -0.15) is 0 Å². The summed E-state index contributed by atoms with van der Waals surface area (Å²) in [5.41, 5.74) is 1.14. The van der Waals surface area contributed by atoms with Crippen LogP contribution in [0.5, 0.6) is 0 Å². The Labute approximate surface area is 107 Å². The van der Waals surface area contributed by atoms with Gasteiger partial charge in [0.05, 0.1) is 0 Å². The number of rotatable bonds is 7. The van der Waals surface area contributed by atoms with Crippen LogP contribution in [0.4, 0.5) is 5.69 Å². The normalized spacial score (nSPS) is 10.2. The van der Waals surface area contributed by atoms with Crippen LogP contribution in [0.2, 0.25) is 0 Å². The van der Waals surface area contributed by atoms with E-state index in [0.717, 1.165) is 18.0 Å². The van der Waals surface area contributed by atoms with E-state index in [1.54, 1.807) is 0 Å². The highest BCUT2D eigenvalue weighted by Crippen LogP contribution is 2.21. The molecule has 0 aromatic heterocycles. The zero-order valence-electron chi connectivity index (χ0n) is 10.3. The van der Waals surface area contributed by atoms with Crippen LogP contribution in [0, 0.1) is 0 Å². The summed E-state index contributed by atoms with van der Waals surface area (Å²) in [7, 11) is 1.99. The number of hydrogen-bond acceptors (Lipinski definition) is 3. The van der Waals surface area contributed by atoms with Gasteiger partial charge in [-0.1, -0.05) is 6.92 Å². The fraction of sp³-hybridized carbons (Fsp3) is 0.462. The van der Waals surface area contributed by atoms with Gasteiger partial charge in [-0.15, -0.1) is 11.8 Å². The van der Waals surface area contributed by atoms with Gasteiger partial charge in [0.25, 0.3) is 0 Å². The van der Waals surface area contributed by atoms with Gasteiger partial charge in [0.15, 0.2) is 0 Å². The number of thioether (sulfide) groups is 1. The van der Waals surface area contributed by atoms with Gasteiger partial charge in [-0.05, 0) is 36.4 Å². The van der Waals surface area contributed by atoms with E-state index < -0.39 is 5.97 Å². The van der Waals surface area contributed by atoms with E-state index in [0.29, 0.717) is 6.42 Å². The molecule has 0 amide bonds. The third kappa shape index (κ3) is 5.13. The number of anilines is 1. The monoisotopic (exact) mass is 253 g/mol. The van der Waals surface area contributed by atoms with Crippen LogP contribution in [-0.4, -0.2) is 30.4 Å². The summed E-state index contributed by atoms with van der Waals surface area (Å²) in [5.74, 6) is 0.349. The van der Waals surface area contributed by atoms with E-state index in [4.69, 9.17) is 5.11 Å². The van der Waals surface area contributed by atoms with Crippen molar-refractivity contribution in [2.75, 3.05) is 24.2 Å². The minimum absolute atomic E-state index is 0.230. The fourth-order valence-corrected chi connectivity index (χ4v) is 2.22. The Bertz CT molecular complexity index is 351. The van der Waals surface area contributed by atoms with Gasteiger partial charge in [0, 0.05) is 30.6 Å². The van der Waals surface area contributed by atoms with Crippen molar-refractivity contribution in [3.8, 4) is 0 Å². The molecule has 0 aliphatic rings. The highest BCUT2D eigenvalue weighted by Gasteiger charge is 2.02. The lowest BCUT2D eigenvalue weighted by molar-refractivity contribution is -0.137. The Balaban J connectivity index is 2.45. The Morgan fingerprint density at radius 2 is 2.00 bits per heavy atom. The lowest BCUT2D eigenvalue weighted by Gasteiger charge is -2.19. The number of carboxylic acids is 1. The average Bonchev–Trinajstić information content (AvgIpc) is 2.30. The van der Waals surface area contributed by atoms with Gasteiger partial charge in [-0.3, -0.25) is 4.79 Å². The third-order valence-corrected chi connectivity index (χ3v) is 3.37. The molecule has 0 aliphatic carbocycles. The van der Waals surface area contributed by atoms with Crippen LogP contribution in [0.15, 0.2) is 29.2 Å². The number of nitrogens with zero attached hydrogens (tertiary/aromatic N) is 1. The summed E-state index contributed by atoms with van der Waals surface area (Å²) in [5, 5.41) is 8.57. The van der Waals surface area contributed by atoms with Crippen LogP contribution in [0.25, 0.3) is 0 Å². The molecule has 4 heteroatoms. The number of hydrogen-bond donors (Lipinski definition) is 1. The topological polar surface area (TPSA) is 40.5 Å². The smallest absolute Gasteiger partial charge is 0.303 e. The van der Waals surface area contributed by atoms with Crippen molar-refractivity contribution >= 4 is 23.4 Å². The molecule has 1 aromatic carbocycles. The number of aliphatic carboxylic acids is 1. The summed E-state index contributed by atoms with van der Waals surface area (Å²) in [6, 6.07) is 8.38. The number of carbonyl (C=O) groups is 1. The molecule has 0 atom stereocenters. The molecular formula is C13H19NO2S. The van der Waals surface area contributed by atoms with Gasteiger partial charge in [0.1, 0.15) is 0 Å². The van der Waals surface area contributed by atoms with Crippen molar-refractivity contribution in [1.82, 2.24) is 0 Å². The second-order valence-corrected chi connectivity index (χ2v) is 5.18. The van der Waals surface area contributed by atoms with Crippen molar-refractivity contribution in [2.45, 2.75) is 24.7 Å². The second kappa shape index (κ2) is 7.22. The van der Waals surface area contributed by atoms with Crippen LogP contribution < -0.4 is 4.90 Å². The average molecular weight is 253 g/mol. The van der Waals surface area contributed by atoms with Crippen molar-refractivity contribution in [1.29, 1.82) is 0 Å². The standard InChI is InChI=1S/C13H19NO2S/c1-3-17-12-8-6-11(7-9-12)14(2)10-4-5-13(15)16/h6-9H,3-5,10H2,1-2H3,(H,15,16). The highest BCUT2D eigenvalue weighted by atomic mass is 32.2. The molecule has 0 bridgehead atoms. The first-order valence-corrected chi connectivity index (χ1v) is 6.78. The molecule has 0 fully saturated rings. The van der Waals surface area contributed by atoms with Crippen molar-refractivity contribution in [3.63, 3.8) is 0 Å². The maximum absolute atomic E-state index is 10.4. The first-order valence-electron chi connectivity index (χ1n) is 5.79. The predicted molar refractivity (Wildman–Crippen MR) is 73.0 cm³/mol. The number of benzene rings is 1. The van der Waals surface area contributed by atoms with Gasteiger partial charge >= 0.3 is 5.97 Å². The lowest BCUT2D eigenvalue weighted by atomic mass is 10.2. The summed E-state index contributed by atoms with van der Waals surface area (Å²) in [6.07, 6.45) is 0.908. The molecule has 1 N–H and O–H groups in total. The quantitative estimate of drug-likeness (QED) is 0.758. The minimum atomic E-state index is -0.729. The van der Waals surface area contributed by atoms with E-state index >= 15 is 0 Å². The first kappa shape index (κ1) is 13.9. The van der Waals surface area contributed by atoms with Crippen molar-refractivity contribution < 1.29 is 9.90 Å². The summed E-state index contributed by atoms with van der Waals surface area (Å²) < 4.78 is 0. The second-order valence-electron chi connectivity index (χ2n) is 3.85. The molecule has 0 spiro atoms.